The summed E-state index contributed by atoms with van der Waals surface area (Å²) in [7, 11) is 0. The average molecular weight is 266 g/mol. The molecule has 0 aromatic carbocycles. The van der Waals surface area contributed by atoms with Gasteiger partial charge >= 0.3 is 5.97 Å². The van der Waals surface area contributed by atoms with E-state index in [1.54, 1.807) is 42.9 Å². The maximum atomic E-state index is 11.3. The lowest BCUT2D eigenvalue weighted by Crippen LogP contribution is -1.97. The zero-order valence-corrected chi connectivity index (χ0v) is 10.3. The summed E-state index contributed by atoms with van der Waals surface area (Å²) in [5, 5.41) is 13.6. The van der Waals surface area contributed by atoms with Crippen LogP contribution in [0.25, 0.3) is 17.1 Å². The van der Waals surface area contributed by atoms with Gasteiger partial charge in [-0.05, 0) is 24.3 Å². The van der Waals surface area contributed by atoms with Gasteiger partial charge in [-0.3, -0.25) is 4.98 Å². The highest BCUT2D eigenvalue weighted by molar-refractivity contribution is 5.94. The number of nitrogens with zero attached hydrogens (tertiary/aromatic N) is 4. The van der Waals surface area contributed by atoms with Crippen molar-refractivity contribution >= 4 is 5.97 Å². The SMILES string of the molecule is O=C(O)c1cn(-c2ccccn2)nc1-c1cccnc1. The molecule has 0 aliphatic heterocycles. The highest BCUT2D eigenvalue weighted by Gasteiger charge is 2.18. The van der Waals surface area contributed by atoms with Crippen molar-refractivity contribution in [1.29, 1.82) is 0 Å². The van der Waals surface area contributed by atoms with Gasteiger partial charge < -0.3 is 5.11 Å². The Bertz CT molecular complexity index is 738. The molecule has 0 unspecified atom stereocenters. The Morgan fingerprint density at radius 3 is 2.70 bits per heavy atom. The van der Waals surface area contributed by atoms with Crippen molar-refractivity contribution in [2.75, 3.05) is 0 Å². The Labute approximate surface area is 114 Å². The van der Waals surface area contributed by atoms with E-state index in [2.05, 4.69) is 15.1 Å². The van der Waals surface area contributed by atoms with Gasteiger partial charge in [-0.25, -0.2) is 14.5 Å². The smallest absolute Gasteiger partial charge is 0.339 e. The maximum Gasteiger partial charge on any atom is 0.339 e. The molecule has 0 bridgehead atoms. The van der Waals surface area contributed by atoms with Crippen molar-refractivity contribution in [3.8, 4) is 17.1 Å². The second-order valence-corrected chi connectivity index (χ2v) is 4.07. The number of aromatic carboxylic acids is 1. The number of carbonyl (C=O) groups is 1. The zero-order chi connectivity index (χ0) is 13.9. The van der Waals surface area contributed by atoms with E-state index in [0.717, 1.165) is 0 Å². The van der Waals surface area contributed by atoms with Crippen LogP contribution in [0.15, 0.2) is 55.1 Å². The van der Waals surface area contributed by atoms with Gasteiger partial charge in [0.25, 0.3) is 0 Å². The molecule has 0 saturated carbocycles. The molecule has 1 N–H and O–H groups in total. The van der Waals surface area contributed by atoms with E-state index in [1.807, 2.05) is 6.07 Å². The molecule has 6 nitrogen and oxygen atoms in total. The molecule has 3 heterocycles. The summed E-state index contributed by atoms with van der Waals surface area (Å²) in [6.07, 6.45) is 6.28. The van der Waals surface area contributed by atoms with Crippen molar-refractivity contribution in [1.82, 2.24) is 19.7 Å². The Balaban J connectivity index is 2.15. The summed E-state index contributed by atoms with van der Waals surface area (Å²) in [6, 6.07) is 8.86. The molecule has 3 rings (SSSR count). The molecule has 0 fully saturated rings. The lowest BCUT2D eigenvalue weighted by molar-refractivity contribution is 0.0697. The maximum absolute atomic E-state index is 11.3. The number of hydrogen-bond acceptors (Lipinski definition) is 4. The molecular weight excluding hydrogens is 256 g/mol. The third-order valence-electron chi connectivity index (χ3n) is 2.76. The number of pyridine rings is 2. The minimum absolute atomic E-state index is 0.114. The monoisotopic (exact) mass is 266 g/mol. The van der Waals surface area contributed by atoms with Crippen LogP contribution < -0.4 is 0 Å². The topological polar surface area (TPSA) is 80.9 Å². The van der Waals surface area contributed by atoms with E-state index in [9.17, 15) is 9.90 Å². The zero-order valence-electron chi connectivity index (χ0n) is 10.3. The van der Waals surface area contributed by atoms with Crippen LogP contribution in [0.4, 0.5) is 0 Å². The van der Waals surface area contributed by atoms with Crippen molar-refractivity contribution in [3.05, 3.63) is 60.7 Å². The third-order valence-corrected chi connectivity index (χ3v) is 2.76. The van der Waals surface area contributed by atoms with Gasteiger partial charge in [-0.2, -0.15) is 5.10 Å². The van der Waals surface area contributed by atoms with Crippen LogP contribution in [0, 0.1) is 0 Å². The van der Waals surface area contributed by atoms with Crippen LogP contribution in [-0.4, -0.2) is 30.8 Å². The minimum Gasteiger partial charge on any atom is -0.478 e. The van der Waals surface area contributed by atoms with Crippen LogP contribution in [-0.2, 0) is 0 Å². The van der Waals surface area contributed by atoms with Gasteiger partial charge in [0.05, 0.1) is 0 Å². The Morgan fingerprint density at radius 1 is 1.15 bits per heavy atom. The molecule has 0 spiro atoms. The van der Waals surface area contributed by atoms with Crippen molar-refractivity contribution in [3.63, 3.8) is 0 Å². The summed E-state index contributed by atoms with van der Waals surface area (Å²) >= 11 is 0. The van der Waals surface area contributed by atoms with Crippen LogP contribution in [0.1, 0.15) is 10.4 Å². The molecular formula is C14H10N4O2. The fraction of sp³-hybridized carbons (Fsp3) is 0. The van der Waals surface area contributed by atoms with Gasteiger partial charge in [0.2, 0.25) is 0 Å². The Hall–Kier alpha value is -3.02. The van der Waals surface area contributed by atoms with Gasteiger partial charge in [0.1, 0.15) is 11.3 Å². The highest BCUT2D eigenvalue weighted by atomic mass is 16.4. The summed E-state index contributed by atoms with van der Waals surface area (Å²) in [5.74, 6) is -0.476. The van der Waals surface area contributed by atoms with Gasteiger partial charge in [-0.15, -0.1) is 0 Å². The van der Waals surface area contributed by atoms with E-state index in [0.29, 0.717) is 17.1 Å². The van der Waals surface area contributed by atoms with Crippen molar-refractivity contribution < 1.29 is 9.90 Å². The van der Waals surface area contributed by atoms with Crippen LogP contribution in [0.3, 0.4) is 0 Å². The molecule has 0 atom stereocenters. The summed E-state index contributed by atoms with van der Waals surface area (Å²) < 4.78 is 1.45. The summed E-state index contributed by atoms with van der Waals surface area (Å²) in [5.41, 5.74) is 1.14. The summed E-state index contributed by atoms with van der Waals surface area (Å²) in [4.78, 5) is 19.5. The first kappa shape index (κ1) is 12.0. The largest absolute Gasteiger partial charge is 0.478 e. The molecule has 3 aromatic heterocycles. The van der Waals surface area contributed by atoms with Crippen LogP contribution in [0.2, 0.25) is 0 Å². The van der Waals surface area contributed by atoms with Crippen molar-refractivity contribution in [2.24, 2.45) is 0 Å². The normalized spacial score (nSPS) is 10.4. The molecule has 6 heteroatoms. The first-order valence-electron chi connectivity index (χ1n) is 5.90. The van der Waals surface area contributed by atoms with Crippen LogP contribution >= 0.6 is 0 Å². The molecule has 20 heavy (non-hydrogen) atoms. The first-order valence-corrected chi connectivity index (χ1v) is 5.90. The van der Waals surface area contributed by atoms with E-state index < -0.39 is 5.97 Å². The number of hydrogen-bond donors (Lipinski definition) is 1. The molecule has 0 saturated heterocycles. The fourth-order valence-electron chi connectivity index (χ4n) is 1.85. The predicted molar refractivity (Wildman–Crippen MR) is 71.5 cm³/mol. The predicted octanol–water partition coefficient (Wildman–Crippen LogP) is 2.03. The molecule has 0 aliphatic rings. The second-order valence-electron chi connectivity index (χ2n) is 4.07. The van der Waals surface area contributed by atoms with Crippen molar-refractivity contribution in [2.45, 2.75) is 0 Å². The third kappa shape index (κ3) is 2.14. The van der Waals surface area contributed by atoms with Crippen LogP contribution in [0.5, 0.6) is 0 Å². The Morgan fingerprint density at radius 2 is 2.05 bits per heavy atom. The van der Waals surface area contributed by atoms with E-state index in [-0.39, 0.29) is 5.56 Å². The Kier molecular flexibility index (Phi) is 2.96. The lowest BCUT2D eigenvalue weighted by Gasteiger charge is -1.98. The fourth-order valence-corrected chi connectivity index (χ4v) is 1.85. The minimum atomic E-state index is -1.04. The second kappa shape index (κ2) is 4.93. The van der Waals surface area contributed by atoms with Gasteiger partial charge in [-0.1, -0.05) is 6.07 Å². The highest BCUT2D eigenvalue weighted by Crippen LogP contribution is 2.22. The van der Waals surface area contributed by atoms with E-state index in [1.165, 1.54) is 10.9 Å². The number of aromatic nitrogens is 4. The molecule has 98 valence electrons. The first-order chi connectivity index (χ1) is 9.75. The number of rotatable bonds is 3. The van der Waals surface area contributed by atoms with E-state index >= 15 is 0 Å². The lowest BCUT2D eigenvalue weighted by atomic mass is 10.1. The van der Waals surface area contributed by atoms with Gasteiger partial charge in [0, 0.05) is 30.4 Å². The molecule has 0 aliphatic carbocycles. The average Bonchev–Trinajstić information content (AvgIpc) is 2.94. The molecule has 3 aromatic rings. The molecule has 0 radical (unpaired) electrons. The van der Waals surface area contributed by atoms with E-state index in [4.69, 9.17) is 0 Å². The quantitative estimate of drug-likeness (QED) is 0.784. The standard InChI is InChI=1S/C14H10N4O2/c19-14(20)11-9-18(12-5-1-2-7-16-12)17-13(11)10-4-3-6-15-8-10/h1-9H,(H,19,20). The molecule has 0 amide bonds. The van der Waals surface area contributed by atoms with Gasteiger partial charge in [0.15, 0.2) is 5.82 Å². The number of carboxylic acid groups (broad SMARTS) is 1. The number of carboxylic acids is 1. The summed E-state index contributed by atoms with van der Waals surface area (Å²) in [6.45, 7) is 0.